The first kappa shape index (κ1) is 71.4. The highest BCUT2D eigenvalue weighted by Crippen LogP contribution is 2.18. The summed E-state index contributed by atoms with van der Waals surface area (Å²) in [6.07, 6.45) is 78.4. The maximum Gasteiger partial charge on any atom is 0.306 e. The van der Waals surface area contributed by atoms with Crippen LogP contribution in [0.5, 0.6) is 0 Å². The van der Waals surface area contributed by atoms with Crippen molar-refractivity contribution in [1.82, 2.24) is 0 Å². The summed E-state index contributed by atoms with van der Waals surface area (Å²) in [4.78, 5) is 38.3. The van der Waals surface area contributed by atoms with Gasteiger partial charge in [0.2, 0.25) is 0 Å². The lowest BCUT2D eigenvalue weighted by atomic mass is 10.0. The number of esters is 3. The van der Waals surface area contributed by atoms with Gasteiger partial charge in [-0.25, -0.2) is 0 Å². The van der Waals surface area contributed by atoms with Gasteiger partial charge in [-0.2, -0.15) is 0 Å². The second kappa shape index (κ2) is 62.9. The van der Waals surface area contributed by atoms with Gasteiger partial charge in [-0.1, -0.05) is 320 Å². The van der Waals surface area contributed by atoms with E-state index in [1.807, 2.05) is 0 Å². The van der Waals surface area contributed by atoms with Crippen molar-refractivity contribution in [1.29, 1.82) is 0 Å². The minimum atomic E-state index is -0.771. The molecule has 0 radical (unpaired) electrons. The highest BCUT2D eigenvalue weighted by molar-refractivity contribution is 5.71. The molecule has 432 valence electrons. The maximum absolute atomic E-state index is 12.9. The van der Waals surface area contributed by atoms with Crippen molar-refractivity contribution in [3.8, 4) is 0 Å². The number of hydrogen-bond donors (Lipinski definition) is 0. The van der Waals surface area contributed by atoms with Crippen LogP contribution in [0.15, 0.2) is 48.6 Å². The molecule has 0 rings (SSSR count). The van der Waals surface area contributed by atoms with E-state index in [2.05, 4.69) is 69.4 Å². The Balaban J connectivity index is 4.23. The molecule has 74 heavy (non-hydrogen) atoms. The highest BCUT2D eigenvalue weighted by Gasteiger charge is 2.19. The average Bonchev–Trinajstić information content (AvgIpc) is 3.40. The monoisotopic (exact) mass is 1040 g/mol. The van der Waals surface area contributed by atoms with Crippen molar-refractivity contribution in [2.24, 2.45) is 0 Å². The quantitative estimate of drug-likeness (QED) is 0.0261. The van der Waals surface area contributed by atoms with Crippen LogP contribution in [-0.4, -0.2) is 37.2 Å². The van der Waals surface area contributed by atoms with E-state index in [0.29, 0.717) is 19.3 Å². The van der Waals surface area contributed by atoms with E-state index < -0.39 is 6.10 Å². The van der Waals surface area contributed by atoms with Crippen LogP contribution in [0.3, 0.4) is 0 Å². The zero-order valence-electron chi connectivity index (χ0n) is 49.6. The van der Waals surface area contributed by atoms with Crippen LogP contribution in [0, 0.1) is 0 Å². The molecule has 0 aliphatic heterocycles. The Morgan fingerprint density at radius 2 is 0.527 bits per heavy atom. The minimum Gasteiger partial charge on any atom is -0.462 e. The molecule has 1 unspecified atom stereocenters. The van der Waals surface area contributed by atoms with Crippen molar-refractivity contribution >= 4 is 17.9 Å². The zero-order chi connectivity index (χ0) is 53.6. The molecule has 0 fully saturated rings. The number of rotatable bonds is 60. The predicted molar refractivity (Wildman–Crippen MR) is 321 cm³/mol. The van der Waals surface area contributed by atoms with Gasteiger partial charge < -0.3 is 14.2 Å². The molecule has 6 heteroatoms. The normalized spacial score (nSPS) is 12.3. The molecule has 0 N–H and O–H groups in total. The van der Waals surface area contributed by atoms with Gasteiger partial charge >= 0.3 is 17.9 Å². The third-order valence-corrected chi connectivity index (χ3v) is 14.6. The average molecular weight is 1040 g/mol. The number of hydrogen-bond acceptors (Lipinski definition) is 6. The van der Waals surface area contributed by atoms with Crippen LogP contribution in [0.2, 0.25) is 0 Å². The van der Waals surface area contributed by atoms with Gasteiger partial charge in [0.25, 0.3) is 0 Å². The van der Waals surface area contributed by atoms with Gasteiger partial charge in [0.15, 0.2) is 6.10 Å². The van der Waals surface area contributed by atoms with Crippen LogP contribution < -0.4 is 0 Å². The van der Waals surface area contributed by atoms with Gasteiger partial charge in [0.05, 0.1) is 0 Å². The van der Waals surface area contributed by atoms with E-state index in [1.165, 1.54) is 225 Å². The molecule has 0 heterocycles. The molecule has 0 aromatic carbocycles. The van der Waals surface area contributed by atoms with Crippen LogP contribution in [-0.2, 0) is 28.6 Å². The molecular weight excluding hydrogens is 913 g/mol. The Bertz CT molecular complexity index is 1280. The predicted octanol–water partition coefficient (Wildman–Crippen LogP) is 22.2. The smallest absolute Gasteiger partial charge is 0.306 e. The van der Waals surface area contributed by atoms with Crippen molar-refractivity contribution in [3.05, 3.63) is 48.6 Å². The zero-order valence-corrected chi connectivity index (χ0v) is 49.6. The molecule has 0 aliphatic carbocycles. The molecule has 0 aromatic heterocycles. The van der Waals surface area contributed by atoms with E-state index in [0.717, 1.165) is 83.5 Å². The van der Waals surface area contributed by atoms with Gasteiger partial charge in [-0.15, -0.1) is 0 Å². The first-order valence-electron chi connectivity index (χ1n) is 32.6. The Hall–Kier alpha value is -2.63. The van der Waals surface area contributed by atoms with Crippen molar-refractivity contribution in [3.63, 3.8) is 0 Å². The summed E-state index contributed by atoms with van der Waals surface area (Å²) >= 11 is 0. The SMILES string of the molecule is CC/C=C\C/C=C\C/C=C\C/C=C\CCCCCCCCCCCCC(=O)OCC(COC(=O)CCCCCCCCCCCCC)OC(=O)CCCCCCCCCCCCCCCCCCCCCCCC. The van der Waals surface area contributed by atoms with Crippen LogP contribution >= 0.6 is 0 Å². The largest absolute Gasteiger partial charge is 0.462 e. The Labute approximate surface area is 460 Å². The van der Waals surface area contributed by atoms with Gasteiger partial charge in [-0.3, -0.25) is 14.4 Å². The molecule has 6 nitrogen and oxygen atoms in total. The summed E-state index contributed by atoms with van der Waals surface area (Å²) in [5, 5.41) is 0. The second-order valence-electron chi connectivity index (χ2n) is 22.0. The number of ether oxygens (including phenoxy) is 3. The molecule has 1 atom stereocenters. The molecular formula is C68H124O6. The molecule has 0 saturated carbocycles. The fourth-order valence-electron chi connectivity index (χ4n) is 9.73. The summed E-state index contributed by atoms with van der Waals surface area (Å²) < 4.78 is 16.9. The molecule has 0 bridgehead atoms. The number of carbonyl (C=O) groups is 3. The first-order valence-corrected chi connectivity index (χ1v) is 32.6. The topological polar surface area (TPSA) is 78.9 Å². The van der Waals surface area contributed by atoms with Crippen LogP contribution in [0.25, 0.3) is 0 Å². The lowest BCUT2D eigenvalue weighted by Gasteiger charge is -2.18. The van der Waals surface area contributed by atoms with Crippen LogP contribution in [0.1, 0.15) is 348 Å². The van der Waals surface area contributed by atoms with Gasteiger partial charge in [-0.05, 0) is 57.8 Å². The first-order chi connectivity index (χ1) is 36.5. The Morgan fingerprint density at radius 3 is 0.824 bits per heavy atom. The summed E-state index contributed by atoms with van der Waals surface area (Å²) in [6.45, 7) is 6.58. The lowest BCUT2D eigenvalue weighted by molar-refractivity contribution is -0.167. The number of unbranched alkanes of at least 4 members (excludes halogenated alkanes) is 41. The van der Waals surface area contributed by atoms with E-state index in [4.69, 9.17) is 14.2 Å². The van der Waals surface area contributed by atoms with Crippen molar-refractivity contribution < 1.29 is 28.6 Å². The third-order valence-electron chi connectivity index (χ3n) is 14.6. The molecule has 0 aliphatic rings. The maximum atomic E-state index is 12.9. The van der Waals surface area contributed by atoms with Crippen molar-refractivity contribution in [2.75, 3.05) is 13.2 Å². The number of carbonyl (C=O) groups excluding carboxylic acids is 3. The van der Waals surface area contributed by atoms with Crippen molar-refractivity contribution in [2.45, 2.75) is 354 Å². The summed E-state index contributed by atoms with van der Waals surface area (Å²) in [6, 6.07) is 0. The second-order valence-corrected chi connectivity index (χ2v) is 22.0. The fourth-order valence-corrected chi connectivity index (χ4v) is 9.73. The minimum absolute atomic E-state index is 0.0689. The van der Waals surface area contributed by atoms with E-state index >= 15 is 0 Å². The lowest BCUT2D eigenvalue weighted by Crippen LogP contribution is -2.30. The summed E-state index contributed by atoms with van der Waals surface area (Å²) in [7, 11) is 0. The van der Waals surface area contributed by atoms with Gasteiger partial charge in [0, 0.05) is 19.3 Å². The Morgan fingerprint density at radius 1 is 0.284 bits per heavy atom. The highest BCUT2D eigenvalue weighted by atomic mass is 16.6. The third kappa shape index (κ3) is 60.2. The molecule has 0 saturated heterocycles. The van der Waals surface area contributed by atoms with Crippen LogP contribution in [0.4, 0.5) is 0 Å². The van der Waals surface area contributed by atoms with E-state index in [-0.39, 0.29) is 31.1 Å². The fraction of sp³-hybridized carbons (Fsp3) is 0.838. The Kier molecular flexibility index (Phi) is 60.7. The standard InChI is InChI=1S/C68H124O6/c1-4-7-10-13-16-19-22-24-26-28-30-32-34-36-37-39-41-43-46-49-52-55-58-61-67(70)73-64-65(63-72-66(69)60-57-54-51-48-45-21-18-15-12-9-6-3)74-68(71)62-59-56-53-50-47-44-42-40-38-35-33-31-29-27-25-23-20-17-14-11-8-5-2/h7,10,16,19,24,26,30,32,65H,4-6,8-9,11-15,17-18,20-23,25,27-29,31,33-64H2,1-3H3/b10-7-,19-16-,26-24-,32-30-. The molecule has 0 spiro atoms. The van der Waals surface area contributed by atoms with Gasteiger partial charge in [0.1, 0.15) is 13.2 Å². The van der Waals surface area contributed by atoms with E-state index in [9.17, 15) is 14.4 Å². The van der Waals surface area contributed by atoms with E-state index in [1.54, 1.807) is 0 Å². The summed E-state index contributed by atoms with van der Waals surface area (Å²) in [5.74, 6) is -0.851. The number of allylic oxidation sites excluding steroid dienone is 8. The molecule has 0 aromatic rings. The summed E-state index contributed by atoms with van der Waals surface area (Å²) in [5.41, 5.74) is 0. The molecule has 0 amide bonds.